The van der Waals surface area contributed by atoms with Crippen LogP contribution in [-0.2, 0) is 26.2 Å². The van der Waals surface area contributed by atoms with E-state index < -0.39 is 40.0 Å². The number of sulfonamides is 1. The SMILES string of the molecule is COc1ccc(S(=O)(=O)N(CC(=O)N(Cc2cccc(Cl)c2)[C@@H](C)C(=O)NC(C)(C)C)c2ccc(Cl)cc2)cc1OC. The quantitative estimate of drug-likeness (QED) is 0.297. The third kappa shape index (κ3) is 8.30. The van der Waals surface area contributed by atoms with Crippen LogP contribution in [0, 0.1) is 0 Å². The number of hydrogen-bond acceptors (Lipinski definition) is 6. The highest BCUT2D eigenvalue weighted by Gasteiger charge is 2.34. The first-order valence-electron chi connectivity index (χ1n) is 13.0. The fourth-order valence-corrected chi connectivity index (χ4v) is 5.90. The number of nitrogens with one attached hydrogen (secondary N) is 1. The smallest absolute Gasteiger partial charge is 0.264 e. The number of hydrogen-bond donors (Lipinski definition) is 1. The lowest BCUT2D eigenvalue weighted by atomic mass is 10.1. The Bertz CT molecular complexity index is 1520. The van der Waals surface area contributed by atoms with Gasteiger partial charge in [-0.2, -0.15) is 0 Å². The highest BCUT2D eigenvalue weighted by atomic mass is 35.5. The average Bonchev–Trinajstić information content (AvgIpc) is 2.93. The first-order valence-corrected chi connectivity index (χ1v) is 15.2. The molecule has 42 heavy (non-hydrogen) atoms. The molecule has 3 aromatic carbocycles. The summed E-state index contributed by atoms with van der Waals surface area (Å²) in [5.41, 5.74) is 0.325. The van der Waals surface area contributed by atoms with Crippen molar-refractivity contribution in [2.75, 3.05) is 25.1 Å². The number of amides is 2. The zero-order chi connectivity index (χ0) is 31.2. The minimum Gasteiger partial charge on any atom is -0.493 e. The van der Waals surface area contributed by atoms with Crippen LogP contribution in [0.1, 0.15) is 33.3 Å². The molecular weight excluding hydrogens is 601 g/mol. The zero-order valence-electron chi connectivity index (χ0n) is 24.4. The maximum absolute atomic E-state index is 14.1. The van der Waals surface area contributed by atoms with Crippen molar-refractivity contribution >= 4 is 50.7 Å². The molecule has 0 saturated heterocycles. The third-order valence-electron chi connectivity index (χ3n) is 6.24. The second kappa shape index (κ2) is 13.7. The fraction of sp³-hybridized carbons (Fsp3) is 0.333. The van der Waals surface area contributed by atoms with Gasteiger partial charge in [0, 0.05) is 28.2 Å². The van der Waals surface area contributed by atoms with E-state index in [1.807, 2.05) is 20.8 Å². The number of methoxy groups -OCH3 is 2. The Morgan fingerprint density at radius 1 is 0.905 bits per heavy atom. The molecule has 0 spiro atoms. The van der Waals surface area contributed by atoms with Crippen molar-refractivity contribution in [3.8, 4) is 11.5 Å². The van der Waals surface area contributed by atoms with Crippen LogP contribution in [0.15, 0.2) is 71.6 Å². The van der Waals surface area contributed by atoms with Crippen LogP contribution in [-0.4, -0.2) is 57.5 Å². The number of carbonyl (C=O) groups is 2. The van der Waals surface area contributed by atoms with Gasteiger partial charge in [-0.3, -0.25) is 13.9 Å². The average molecular weight is 637 g/mol. The van der Waals surface area contributed by atoms with Crippen LogP contribution < -0.4 is 19.1 Å². The van der Waals surface area contributed by atoms with E-state index in [1.165, 1.54) is 61.6 Å². The van der Waals surface area contributed by atoms with Gasteiger partial charge >= 0.3 is 0 Å². The minimum atomic E-state index is -4.32. The Labute approximate surface area is 257 Å². The predicted molar refractivity (Wildman–Crippen MR) is 165 cm³/mol. The molecule has 0 radical (unpaired) electrons. The standard InChI is InChI=1S/C30H35Cl2N3O6S/c1-20(29(37)33-30(2,3)4)34(18-21-8-7-9-23(32)16-21)28(36)19-35(24-12-10-22(31)11-13-24)42(38,39)25-14-15-26(40-5)27(17-25)41-6/h7-17,20H,18-19H2,1-6H3,(H,33,37)/t20-/m0/s1. The van der Waals surface area contributed by atoms with Crippen LogP contribution in [0.4, 0.5) is 5.69 Å². The molecule has 3 aromatic rings. The van der Waals surface area contributed by atoms with E-state index in [0.717, 1.165) is 4.31 Å². The van der Waals surface area contributed by atoms with Crippen molar-refractivity contribution in [1.82, 2.24) is 10.2 Å². The number of anilines is 1. The molecule has 9 nitrogen and oxygen atoms in total. The van der Waals surface area contributed by atoms with Gasteiger partial charge in [0.1, 0.15) is 12.6 Å². The summed E-state index contributed by atoms with van der Waals surface area (Å²) >= 11 is 12.3. The summed E-state index contributed by atoms with van der Waals surface area (Å²) in [5, 5.41) is 3.75. The van der Waals surface area contributed by atoms with E-state index in [-0.39, 0.29) is 22.9 Å². The molecule has 1 atom stereocenters. The number of halogens is 2. The molecule has 226 valence electrons. The molecule has 2 amide bonds. The normalized spacial score (nSPS) is 12.3. The summed E-state index contributed by atoms with van der Waals surface area (Å²) in [5.74, 6) is -0.447. The second-order valence-electron chi connectivity index (χ2n) is 10.6. The number of nitrogens with zero attached hydrogens (tertiary/aromatic N) is 2. The predicted octanol–water partition coefficient (Wildman–Crippen LogP) is 5.54. The van der Waals surface area contributed by atoms with E-state index >= 15 is 0 Å². The maximum atomic E-state index is 14.1. The van der Waals surface area contributed by atoms with Gasteiger partial charge in [-0.15, -0.1) is 0 Å². The lowest BCUT2D eigenvalue weighted by Gasteiger charge is -2.33. The number of carbonyl (C=O) groups excluding carboxylic acids is 2. The highest BCUT2D eigenvalue weighted by molar-refractivity contribution is 7.92. The Morgan fingerprint density at radius 3 is 2.12 bits per heavy atom. The van der Waals surface area contributed by atoms with Gasteiger partial charge in [-0.1, -0.05) is 35.3 Å². The Morgan fingerprint density at radius 2 is 1.55 bits per heavy atom. The van der Waals surface area contributed by atoms with Gasteiger partial charge in [0.05, 0.1) is 24.8 Å². The van der Waals surface area contributed by atoms with Crippen LogP contribution >= 0.6 is 23.2 Å². The van der Waals surface area contributed by atoms with Crippen LogP contribution in [0.5, 0.6) is 11.5 Å². The van der Waals surface area contributed by atoms with Crippen molar-refractivity contribution in [2.45, 2.75) is 50.7 Å². The van der Waals surface area contributed by atoms with Crippen molar-refractivity contribution < 1.29 is 27.5 Å². The molecule has 3 rings (SSSR count). The van der Waals surface area contributed by atoms with E-state index in [0.29, 0.717) is 21.4 Å². The third-order valence-corrected chi connectivity index (χ3v) is 8.50. The summed E-state index contributed by atoms with van der Waals surface area (Å²) in [7, 11) is -1.49. The number of rotatable bonds is 11. The summed E-state index contributed by atoms with van der Waals surface area (Å²) in [6.45, 7) is 6.50. The molecule has 0 bridgehead atoms. The van der Waals surface area contributed by atoms with E-state index in [2.05, 4.69) is 5.32 Å². The molecular formula is C30H35Cl2N3O6S. The van der Waals surface area contributed by atoms with Gasteiger partial charge in [0.15, 0.2) is 11.5 Å². The van der Waals surface area contributed by atoms with Gasteiger partial charge in [0.2, 0.25) is 11.8 Å². The second-order valence-corrected chi connectivity index (χ2v) is 13.3. The molecule has 0 aliphatic rings. The Balaban J connectivity index is 2.08. The van der Waals surface area contributed by atoms with Gasteiger partial charge in [-0.25, -0.2) is 8.42 Å². The summed E-state index contributed by atoms with van der Waals surface area (Å²) < 4.78 is 39.7. The first-order chi connectivity index (χ1) is 19.7. The topological polar surface area (TPSA) is 105 Å². The van der Waals surface area contributed by atoms with Crippen molar-refractivity contribution in [3.63, 3.8) is 0 Å². The molecule has 0 fully saturated rings. The largest absolute Gasteiger partial charge is 0.493 e. The molecule has 0 aliphatic heterocycles. The number of benzene rings is 3. The van der Waals surface area contributed by atoms with Crippen LogP contribution in [0.3, 0.4) is 0 Å². The van der Waals surface area contributed by atoms with Crippen LogP contribution in [0.2, 0.25) is 10.0 Å². The summed E-state index contributed by atoms with van der Waals surface area (Å²) in [4.78, 5) is 28.4. The van der Waals surface area contributed by atoms with Gasteiger partial charge in [0.25, 0.3) is 10.0 Å². The minimum absolute atomic E-state index is 0.0169. The maximum Gasteiger partial charge on any atom is 0.264 e. The van der Waals surface area contributed by atoms with Crippen molar-refractivity contribution in [2.24, 2.45) is 0 Å². The van der Waals surface area contributed by atoms with E-state index in [9.17, 15) is 18.0 Å². The van der Waals surface area contributed by atoms with Gasteiger partial charge in [-0.05, 0) is 81.8 Å². The molecule has 0 aliphatic carbocycles. The van der Waals surface area contributed by atoms with E-state index in [1.54, 1.807) is 31.2 Å². The van der Waals surface area contributed by atoms with Crippen LogP contribution in [0.25, 0.3) is 0 Å². The first kappa shape index (κ1) is 33.0. The van der Waals surface area contributed by atoms with Gasteiger partial charge < -0.3 is 19.7 Å². The summed E-state index contributed by atoms with van der Waals surface area (Å²) in [6, 6.07) is 16.2. The van der Waals surface area contributed by atoms with Crippen molar-refractivity contribution in [3.05, 3.63) is 82.3 Å². The Kier molecular flexibility index (Phi) is 10.8. The molecule has 1 N–H and O–H groups in total. The molecule has 0 unspecified atom stereocenters. The molecule has 0 saturated carbocycles. The monoisotopic (exact) mass is 635 g/mol. The molecule has 0 heterocycles. The molecule has 0 aromatic heterocycles. The van der Waals surface area contributed by atoms with Crippen molar-refractivity contribution in [1.29, 1.82) is 0 Å². The van der Waals surface area contributed by atoms with E-state index in [4.69, 9.17) is 32.7 Å². The highest BCUT2D eigenvalue weighted by Crippen LogP contribution is 2.32. The lowest BCUT2D eigenvalue weighted by molar-refractivity contribution is -0.140. The number of ether oxygens (including phenoxy) is 2. The Hall–Kier alpha value is -3.47. The fourth-order valence-electron chi connectivity index (χ4n) is 4.13. The molecule has 12 heteroatoms. The zero-order valence-corrected chi connectivity index (χ0v) is 26.7. The lowest BCUT2D eigenvalue weighted by Crippen LogP contribution is -2.54. The summed E-state index contributed by atoms with van der Waals surface area (Å²) in [6.07, 6.45) is 0.